The molecule has 1 N–H and O–H groups in total. The van der Waals surface area contributed by atoms with E-state index in [1.165, 1.54) is 0 Å². The van der Waals surface area contributed by atoms with E-state index in [0.29, 0.717) is 6.54 Å². The number of aliphatic hydroxyl groups is 1. The van der Waals surface area contributed by atoms with Gasteiger partial charge in [0.05, 0.1) is 6.61 Å². The molecule has 0 heterocycles. The Labute approximate surface area is 90.5 Å². The lowest BCUT2D eigenvalue weighted by molar-refractivity contribution is 0.0853. The molecule has 4 heteroatoms. The highest BCUT2D eigenvalue weighted by Crippen LogP contribution is 2.23. The fourth-order valence-corrected chi connectivity index (χ4v) is 1.96. The van der Waals surface area contributed by atoms with E-state index in [4.69, 9.17) is 9.84 Å². The minimum Gasteiger partial charge on any atom is -0.445 e. The van der Waals surface area contributed by atoms with E-state index in [-0.39, 0.29) is 25.3 Å². The maximum atomic E-state index is 11.6. The van der Waals surface area contributed by atoms with Gasteiger partial charge in [-0.25, -0.2) is 4.79 Å². The predicted molar refractivity (Wildman–Crippen MR) is 57.6 cm³/mol. The van der Waals surface area contributed by atoms with Gasteiger partial charge in [0.1, 0.15) is 6.61 Å². The maximum Gasteiger partial charge on any atom is 0.410 e. The smallest absolute Gasteiger partial charge is 0.410 e. The van der Waals surface area contributed by atoms with E-state index >= 15 is 0 Å². The molecule has 1 fully saturated rings. The Hall–Kier alpha value is -1.03. The highest BCUT2D eigenvalue weighted by Gasteiger charge is 2.26. The number of nitrogens with zero attached hydrogens (tertiary/aromatic N) is 1. The van der Waals surface area contributed by atoms with Crippen LogP contribution >= 0.6 is 0 Å². The predicted octanol–water partition coefficient (Wildman–Crippen LogP) is 1.55. The van der Waals surface area contributed by atoms with Crippen molar-refractivity contribution < 1.29 is 14.6 Å². The van der Waals surface area contributed by atoms with Crippen LogP contribution in [0.5, 0.6) is 0 Å². The van der Waals surface area contributed by atoms with Crippen molar-refractivity contribution >= 4 is 6.09 Å². The normalized spacial score (nSPS) is 16.3. The zero-order valence-corrected chi connectivity index (χ0v) is 9.02. The van der Waals surface area contributed by atoms with Gasteiger partial charge in [-0.3, -0.25) is 0 Å². The number of ether oxygens (including phenoxy) is 1. The van der Waals surface area contributed by atoms with Crippen LogP contribution in [0.25, 0.3) is 0 Å². The van der Waals surface area contributed by atoms with Crippen LogP contribution in [0.4, 0.5) is 4.79 Å². The number of carbonyl (C=O) groups excluding carboxylic acids is 1. The minimum atomic E-state index is -0.337. The van der Waals surface area contributed by atoms with Crippen LogP contribution in [0, 0.1) is 0 Å². The van der Waals surface area contributed by atoms with E-state index in [0.717, 1.165) is 25.7 Å². The van der Waals surface area contributed by atoms with Crippen LogP contribution in [0.2, 0.25) is 0 Å². The minimum absolute atomic E-state index is 0.0142. The summed E-state index contributed by atoms with van der Waals surface area (Å²) in [5.41, 5.74) is 0. The number of aliphatic hydroxyl groups excluding tert-OH is 1. The topological polar surface area (TPSA) is 49.8 Å². The summed E-state index contributed by atoms with van der Waals surface area (Å²) >= 11 is 0. The molecule has 0 aromatic heterocycles. The van der Waals surface area contributed by atoms with Gasteiger partial charge >= 0.3 is 6.09 Å². The number of carbonyl (C=O) groups is 1. The molecule has 0 aromatic carbocycles. The zero-order valence-electron chi connectivity index (χ0n) is 9.02. The molecule has 1 aliphatic carbocycles. The Morgan fingerprint density at radius 1 is 1.53 bits per heavy atom. The van der Waals surface area contributed by atoms with E-state index < -0.39 is 0 Å². The van der Waals surface area contributed by atoms with Gasteiger partial charge in [0.2, 0.25) is 0 Å². The summed E-state index contributed by atoms with van der Waals surface area (Å²) in [4.78, 5) is 13.3. The second-order valence-corrected chi connectivity index (χ2v) is 3.72. The van der Waals surface area contributed by atoms with Crippen molar-refractivity contribution in [2.24, 2.45) is 0 Å². The molecule has 4 nitrogen and oxygen atoms in total. The maximum absolute atomic E-state index is 11.6. The van der Waals surface area contributed by atoms with Crippen molar-refractivity contribution in [1.82, 2.24) is 4.90 Å². The molecule has 0 saturated heterocycles. The molecule has 1 saturated carbocycles. The van der Waals surface area contributed by atoms with E-state index in [9.17, 15) is 4.79 Å². The Kier molecular flexibility index (Phi) is 5.18. The first-order valence-corrected chi connectivity index (χ1v) is 5.44. The van der Waals surface area contributed by atoms with Crippen LogP contribution in [-0.4, -0.2) is 41.9 Å². The van der Waals surface area contributed by atoms with Crippen LogP contribution in [0.15, 0.2) is 12.7 Å². The van der Waals surface area contributed by atoms with Gasteiger partial charge < -0.3 is 14.7 Å². The van der Waals surface area contributed by atoms with Crippen LogP contribution in [-0.2, 0) is 4.74 Å². The summed E-state index contributed by atoms with van der Waals surface area (Å²) in [6.45, 7) is 4.07. The van der Waals surface area contributed by atoms with E-state index in [2.05, 4.69) is 6.58 Å². The molecule has 0 spiro atoms. The molecule has 0 unspecified atom stereocenters. The monoisotopic (exact) mass is 213 g/mol. The second-order valence-electron chi connectivity index (χ2n) is 3.72. The summed E-state index contributed by atoms with van der Waals surface area (Å²) < 4.78 is 4.98. The van der Waals surface area contributed by atoms with Crippen molar-refractivity contribution in [3.8, 4) is 0 Å². The van der Waals surface area contributed by atoms with Crippen molar-refractivity contribution in [2.45, 2.75) is 31.7 Å². The van der Waals surface area contributed by atoms with Gasteiger partial charge in [0, 0.05) is 12.6 Å². The quantitative estimate of drug-likeness (QED) is 0.705. The number of rotatable bonds is 5. The Morgan fingerprint density at radius 3 is 2.73 bits per heavy atom. The van der Waals surface area contributed by atoms with Crippen molar-refractivity contribution in [3.05, 3.63) is 12.7 Å². The zero-order chi connectivity index (χ0) is 11.1. The lowest BCUT2D eigenvalue weighted by Crippen LogP contribution is -2.41. The van der Waals surface area contributed by atoms with Crippen LogP contribution < -0.4 is 0 Å². The van der Waals surface area contributed by atoms with Gasteiger partial charge in [-0.05, 0) is 12.8 Å². The number of hydrogen-bond donors (Lipinski definition) is 1. The third kappa shape index (κ3) is 3.55. The SMILES string of the molecule is C=CCOC(=O)N(CCO)C1CCCC1. The largest absolute Gasteiger partial charge is 0.445 e. The van der Waals surface area contributed by atoms with Gasteiger partial charge in [0.15, 0.2) is 0 Å². The molecule has 0 aromatic rings. The first-order chi connectivity index (χ1) is 7.29. The highest BCUT2D eigenvalue weighted by atomic mass is 16.6. The molecule has 0 atom stereocenters. The molecule has 15 heavy (non-hydrogen) atoms. The van der Waals surface area contributed by atoms with Gasteiger partial charge in [0.25, 0.3) is 0 Å². The second kappa shape index (κ2) is 6.45. The number of amides is 1. The fraction of sp³-hybridized carbons (Fsp3) is 0.727. The molecule has 1 amide bonds. The Bertz CT molecular complexity index is 212. The first kappa shape index (κ1) is 12.0. The van der Waals surface area contributed by atoms with Crippen molar-refractivity contribution in [3.63, 3.8) is 0 Å². The number of hydrogen-bond acceptors (Lipinski definition) is 3. The highest BCUT2D eigenvalue weighted by molar-refractivity contribution is 5.68. The third-order valence-electron chi connectivity index (χ3n) is 2.67. The molecule has 1 rings (SSSR count). The summed E-state index contributed by atoms with van der Waals surface area (Å²) in [6.07, 6.45) is 5.55. The van der Waals surface area contributed by atoms with Crippen molar-refractivity contribution in [2.75, 3.05) is 19.8 Å². The summed E-state index contributed by atoms with van der Waals surface area (Å²) in [6, 6.07) is 0.245. The average molecular weight is 213 g/mol. The summed E-state index contributed by atoms with van der Waals surface area (Å²) in [7, 11) is 0. The van der Waals surface area contributed by atoms with E-state index in [1.54, 1.807) is 11.0 Å². The molecule has 0 aliphatic heterocycles. The Balaban J connectivity index is 2.47. The van der Waals surface area contributed by atoms with Crippen LogP contribution in [0.1, 0.15) is 25.7 Å². The third-order valence-corrected chi connectivity index (χ3v) is 2.67. The molecular weight excluding hydrogens is 194 g/mol. The lowest BCUT2D eigenvalue weighted by atomic mass is 10.2. The van der Waals surface area contributed by atoms with Crippen molar-refractivity contribution in [1.29, 1.82) is 0 Å². The standard InChI is InChI=1S/C11H19NO3/c1-2-9-15-11(14)12(7-8-13)10-5-3-4-6-10/h2,10,13H,1,3-9H2. The van der Waals surface area contributed by atoms with E-state index in [1.807, 2.05) is 0 Å². The molecule has 0 radical (unpaired) electrons. The molecule has 86 valence electrons. The molecule has 1 aliphatic rings. The fourth-order valence-electron chi connectivity index (χ4n) is 1.96. The molecule has 0 bridgehead atoms. The Morgan fingerprint density at radius 2 is 2.20 bits per heavy atom. The molecular formula is C11H19NO3. The lowest BCUT2D eigenvalue weighted by Gasteiger charge is -2.27. The summed E-state index contributed by atoms with van der Waals surface area (Å²) in [5.74, 6) is 0. The van der Waals surface area contributed by atoms with Gasteiger partial charge in [-0.2, -0.15) is 0 Å². The summed E-state index contributed by atoms with van der Waals surface area (Å²) in [5, 5.41) is 8.90. The first-order valence-electron chi connectivity index (χ1n) is 5.44. The van der Waals surface area contributed by atoms with Gasteiger partial charge in [-0.15, -0.1) is 0 Å². The average Bonchev–Trinajstić information content (AvgIpc) is 2.75. The van der Waals surface area contributed by atoms with Gasteiger partial charge in [-0.1, -0.05) is 25.5 Å². The van der Waals surface area contributed by atoms with Crippen LogP contribution in [0.3, 0.4) is 0 Å².